The van der Waals surface area contributed by atoms with Crippen LogP contribution in [-0.2, 0) is 4.74 Å². The fraction of sp³-hybridized carbons (Fsp3) is 0.222. The number of thiophene rings is 1. The zero-order valence-electron chi connectivity index (χ0n) is 6.75. The molecule has 1 aromatic heterocycles. The molecule has 0 saturated heterocycles. The average molecular weight is 259 g/mol. The summed E-state index contributed by atoms with van der Waals surface area (Å²) in [6, 6.07) is 3.71. The number of halogens is 1. The van der Waals surface area contributed by atoms with E-state index in [2.05, 4.69) is 15.9 Å². The van der Waals surface area contributed by atoms with Crippen molar-refractivity contribution in [1.82, 2.24) is 0 Å². The molecule has 1 aliphatic rings. The van der Waals surface area contributed by atoms with Gasteiger partial charge in [-0.3, -0.25) is 4.79 Å². The maximum atomic E-state index is 11.7. The number of carbonyl (C=O) groups is 1. The first-order valence-corrected chi connectivity index (χ1v) is 5.49. The van der Waals surface area contributed by atoms with E-state index in [1.165, 1.54) is 11.3 Å². The van der Waals surface area contributed by atoms with Gasteiger partial charge in [0.2, 0.25) is 5.78 Å². The van der Waals surface area contributed by atoms with Crippen LogP contribution in [0.25, 0.3) is 0 Å². The lowest BCUT2D eigenvalue weighted by Crippen LogP contribution is -1.98. The Morgan fingerprint density at radius 1 is 1.54 bits per heavy atom. The molecule has 13 heavy (non-hydrogen) atoms. The van der Waals surface area contributed by atoms with Gasteiger partial charge in [-0.2, -0.15) is 0 Å². The lowest BCUT2D eigenvalue weighted by molar-refractivity contribution is 0.103. The van der Waals surface area contributed by atoms with Gasteiger partial charge in [-0.15, -0.1) is 11.3 Å². The van der Waals surface area contributed by atoms with Crippen LogP contribution in [0.1, 0.15) is 16.1 Å². The second-order valence-electron chi connectivity index (χ2n) is 2.70. The van der Waals surface area contributed by atoms with Crippen molar-refractivity contribution in [3.05, 3.63) is 32.6 Å². The van der Waals surface area contributed by atoms with Gasteiger partial charge < -0.3 is 4.74 Å². The van der Waals surface area contributed by atoms with E-state index in [0.29, 0.717) is 6.61 Å². The quantitative estimate of drug-likeness (QED) is 0.763. The molecular weight excluding hydrogens is 252 g/mol. The summed E-state index contributed by atoms with van der Waals surface area (Å²) < 4.78 is 6.00. The molecular formula is C9H7BrO2S. The summed E-state index contributed by atoms with van der Waals surface area (Å²) in [5.74, 6) is 0.0909. The predicted octanol–water partition coefficient (Wildman–Crippen LogP) is 3.00. The summed E-state index contributed by atoms with van der Waals surface area (Å²) in [5, 5.41) is 0. The van der Waals surface area contributed by atoms with E-state index in [0.717, 1.165) is 20.7 Å². The Labute approximate surface area is 88.3 Å². The van der Waals surface area contributed by atoms with E-state index in [-0.39, 0.29) is 5.78 Å². The van der Waals surface area contributed by atoms with Gasteiger partial charge in [0.1, 0.15) is 0 Å². The average Bonchev–Trinajstić information content (AvgIpc) is 2.72. The third kappa shape index (κ3) is 1.84. The second-order valence-corrected chi connectivity index (χ2v) is 5.16. The first-order valence-electron chi connectivity index (χ1n) is 3.88. The molecule has 0 spiro atoms. The number of ketones is 1. The van der Waals surface area contributed by atoms with Crippen LogP contribution in [0.4, 0.5) is 0 Å². The third-order valence-electron chi connectivity index (χ3n) is 1.80. The van der Waals surface area contributed by atoms with E-state index < -0.39 is 0 Å². The van der Waals surface area contributed by atoms with E-state index in [1.54, 1.807) is 6.26 Å². The highest BCUT2D eigenvalue weighted by atomic mass is 79.9. The molecule has 1 aliphatic heterocycles. The second kappa shape index (κ2) is 3.64. The van der Waals surface area contributed by atoms with Crippen LogP contribution in [-0.4, -0.2) is 12.4 Å². The summed E-state index contributed by atoms with van der Waals surface area (Å²) >= 11 is 4.78. The van der Waals surface area contributed by atoms with Crippen LogP contribution in [0.3, 0.4) is 0 Å². The molecule has 4 heteroatoms. The van der Waals surface area contributed by atoms with Crippen molar-refractivity contribution in [3.63, 3.8) is 0 Å². The zero-order valence-corrected chi connectivity index (χ0v) is 9.15. The lowest BCUT2D eigenvalue weighted by Gasteiger charge is -1.93. The molecule has 2 rings (SSSR count). The molecule has 0 aromatic carbocycles. The van der Waals surface area contributed by atoms with Crippen molar-refractivity contribution in [2.24, 2.45) is 0 Å². The third-order valence-corrected chi connectivity index (χ3v) is 3.43. The molecule has 1 aromatic rings. The van der Waals surface area contributed by atoms with Crippen molar-refractivity contribution >= 4 is 33.0 Å². The van der Waals surface area contributed by atoms with E-state index in [4.69, 9.17) is 4.74 Å². The highest BCUT2D eigenvalue weighted by Gasteiger charge is 2.17. The Kier molecular flexibility index (Phi) is 2.51. The Morgan fingerprint density at radius 2 is 2.38 bits per heavy atom. The van der Waals surface area contributed by atoms with Crippen molar-refractivity contribution in [3.8, 4) is 0 Å². The van der Waals surface area contributed by atoms with Gasteiger partial charge in [0.05, 0.1) is 21.5 Å². The SMILES string of the molecule is O=C(C1=COCC1)c1ccc(Br)s1. The lowest BCUT2D eigenvalue weighted by atomic mass is 10.1. The molecule has 0 aliphatic carbocycles. The van der Waals surface area contributed by atoms with E-state index >= 15 is 0 Å². The van der Waals surface area contributed by atoms with Crippen LogP contribution < -0.4 is 0 Å². The number of ether oxygens (including phenoxy) is 1. The van der Waals surface area contributed by atoms with E-state index in [1.807, 2.05) is 12.1 Å². The smallest absolute Gasteiger partial charge is 0.202 e. The number of Topliss-reactive ketones (excluding diaryl/α,β-unsaturated/α-hetero) is 1. The molecule has 0 amide bonds. The maximum Gasteiger partial charge on any atom is 0.202 e. The molecule has 0 radical (unpaired) electrons. The van der Waals surface area contributed by atoms with Crippen molar-refractivity contribution in [1.29, 1.82) is 0 Å². The minimum absolute atomic E-state index is 0.0909. The molecule has 0 N–H and O–H groups in total. The highest BCUT2D eigenvalue weighted by Crippen LogP contribution is 2.26. The van der Waals surface area contributed by atoms with Gasteiger partial charge in [-0.25, -0.2) is 0 Å². The summed E-state index contributed by atoms with van der Waals surface area (Å²) in [7, 11) is 0. The molecule has 0 atom stereocenters. The molecule has 0 fully saturated rings. The van der Waals surface area contributed by atoms with Crippen molar-refractivity contribution < 1.29 is 9.53 Å². The minimum Gasteiger partial charge on any atom is -0.500 e. The van der Waals surface area contributed by atoms with Gasteiger partial charge in [0, 0.05) is 12.0 Å². The van der Waals surface area contributed by atoms with Crippen molar-refractivity contribution in [2.45, 2.75) is 6.42 Å². The Balaban J connectivity index is 2.22. The summed E-state index contributed by atoms with van der Waals surface area (Å²) in [6.07, 6.45) is 2.30. The first kappa shape index (κ1) is 8.97. The first-order chi connectivity index (χ1) is 6.27. The Morgan fingerprint density at radius 3 is 2.92 bits per heavy atom. The normalized spacial score (nSPS) is 15.3. The van der Waals surface area contributed by atoms with Crippen LogP contribution in [0.2, 0.25) is 0 Å². The molecule has 68 valence electrons. The number of hydrogen-bond donors (Lipinski definition) is 0. The van der Waals surface area contributed by atoms with Gasteiger partial charge in [-0.05, 0) is 28.1 Å². The largest absolute Gasteiger partial charge is 0.500 e. The van der Waals surface area contributed by atoms with Gasteiger partial charge in [0.15, 0.2) is 0 Å². The summed E-state index contributed by atoms with van der Waals surface area (Å²) in [6.45, 7) is 0.633. The molecule has 0 saturated carbocycles. The van der Waals surface area contributed by atoms with Crippen LogP contribution in [0.5, 0.6) is 0 Å². The maximum absolute atomic E-state index is 11.7. The Bertz CT molecular complexity index is 367. The summed E-state index contributed by atoms with van der Waals surface area (Å²) in [4.78, 5) is 12.5. The molecule has 0 bridgehead atoms. The fourth-order valence-electron chi connectivity index (χ4n) is 1.15. The van der Waals surface area contributed by atoms with Gasteiger partial charge >= 0.3 is 0 Å². The molecule has 2 heterocycles. The summed E-state index contributed by atoms with van der Waals surface area (Å²) in [5.41, 5.74) is 0.773. The predicted molar refractivity (Wildman–Crippen MR) is 55.0 cm³/mol. The van der Waals surface area contributed by atoms with Crippen LogP contribution in [0.15, 0.2) is 27.8 Å². The monoisotopic (exact) mass is 258 g/mol. The zero-order chi connectivity index (χ0) is 9.26. The number of rotatable bonds is 2. The fourth-order valence-corrected chi connectivity index (χ4v) is 2.51. The topological polar surface area (TPSA) is 26.3 Å². The minimum atomic E-state index is 0.0909. The van der Waals surface area contributed by atoms with Crippen molar-refractivity contribution in [2.75, 3.05) is 6.61 Å². The van der Waals surface area contributed by atoms with Crippen LogP contribution >= 0.6 is 27.3 Å². The molecule has 0 unspecified atom stereocenters. The number of carbonyl (C=O) groups excluding carboxylic acids is 1. The highest BCUT2D eigenvalue weighted by molar-refractivity contribution is 9.11. The standard InChI is InChI=1S/C9H7BrO2S/c10-8-2-1-7(13-8)9(11)6-3-4-12-5-6/h1-2,5H,3-4H2. The van der Waals surface area contributed by atoms with Gasteiger partial charge in [0.25, 0.3) is 0 Å². The number of hydrogen-bond acceptors (Lipinski definition) is 3. The van der Waals surface area contributed by atoms with E-state index in [9.17, 15) is 4.79 Å². The van der Waals surface area contributed by atoms with Gasteiger partial charge in [-0.1, -0.05) is 0 Å². The Hall–Kier alpha value is -0.610. The molecule has 2 nitrogen and oxygen atoms in total. The van der Waals surface area contributed by atoms with Crippen LogP contribution in [0, 0.1) is 0 Å².